The Morgan fingerprint density at radius 2 is 2.18 bits per heavy atom. The average Bonchev–Trinajstić information content (AvgIpc) is 2.32. The van der Waals surface area contributed by atoms with Crippen LogP contribution in [0, 0.1) is 0 Å². The van der Waals surface area contributed by atoms with Gasteiger partial charge >= 0.3 is 0 Å². The Bertz CT molecular complexity index is 557. The maximum absolute atomic E-state index is 6.13. The van der Waals surface area contributed by atoms with Gasteiger partial charge in [0.2, 0.25) is 0 Å². The molecule has 1 aromatic carbocycles. The first kappa shape index (κ1) is 11.9. The van der Waals surface area contributed by atoms with Crippen LogP contribution in [0.4, 0.5) is 5.69 Å². The molecule has 0 aliphatic carbocycles. The number of hydrogen-bond donors (Lipinski definition) is 1. The van der Waals surface area contributed by atoms with Gasteiger partial charge in [0, 0.05) is 18.1 Å². The fourth-order valence-corrected chi connectivity index (χ4v) is 1.86. The van der Waals surface area contributed by atoms with E-state index in [1.54, 1.807) is 6.20 Å². The molecule has 0 radical (unpaired) electrons. The summed E-state index contributed by atoms with van der Waals surface area (Å²) < 4.78 is 0. The van der Waals surface area contributed by atoms with Crippen LogP contribution in [0.5, 0.6) is 0 Å². The molecule has 0 saturated heterocycles. The molecule has 0 fully saturated rings. The van der Waals surface area contributed by atoms with Gasteiger partial charge in [-0.25, -0.2) is 0 Å². The molecule has 0 atom stereocenters. The summed E-state index contributed by atoms with van der Waals surface area (Å²) in [4.78, 5) is 4.37. The number of fused-ring (bicyclic) bond motifs is 1. The van der Waals surface area contributed by atoms with Gasteiger partial charge in [0.05, 0.1) is 16.2 Å². The average molecular weight is 247 g/mol. The third-order valence-corrected chi connectivity index (χ3v) is 2.85. The van der Waals surface area contributed by atoms with Gasteiger partial charge < -0.3 is 5.32 Å². The molecule has 2 nitrogen and oxygen atoms in total. The topological polar surface area (TPSA) is 24.9 Å². The largest absolute Gasteiger partial charge is 0.380 e. The first-order valence-electron chi connectivity index (χ1n) is 5.59. The van der Waals surface area contributed by atoms with Crippen LogP contribution in [0.15, 0.2) is 42.1 Å². The van der Waals surface area contributed by atoms with E-state index < -0.39 is 0 Å². The number of pyridine rings is 1. The predicted molar refractivity (Wildman–Crippen MR) is 74.7 cm³/mol. The number of anilines is 1. The maximum atomic E-state index is 6.13. The number of hydrogen-bond acceptors (Lipinski definition) is 2. The van der Waals surface area contributed by atoms with Crippen molar-refractivity contribution in [1.82, 2.24) is 4.98 Å². The molecule has 1 heterocycles. The Labute approximate surface area is 106 Å². The Kier molecular flexibility index (Phi) is 3.64. The number of halogens is 1. The Hall–Kier alpha value is -1.54. The number of allylic oxidation sites excluding steroid dienone is 1. The highest BCUT2D eigenvalue weighted by Gasteiger charge is 2.04. The summed E-state index contributed by atoms with van der Waals surface area (Å²) in [6.45, 7) is 4.97. The van der Waals surface area contributed by atoms with Crippen LogP contribution in [-0.4, -0.2) is 11.5 Å². The van der Waals surface area contributed by atoms with Crippen molar-refractivity contribution in [3.05, 3.63) is 47.1 Å². The van der Waals surface area contributed by atoms with E-state index in [4.69, 9.17) is 11.6 Å². The van der Waals surface area contributed by atoms with E-state index >= 15 is 0 Å². The van der Waals surface area contributed by atoms with Crippen molar-refractivity contribution in [2.24, 2.45) is 0 Å². The molecule has 88 valence electrons. The summed E-state index contributed by atoms with van der Waals surface area (Å²) in [6, 6.07) is 7.75. The van der Waals surface area contributed by atoms with Crippen molar-refractivity contribution >= 4 is 28.2 Å². The van der Waals surface area contributed by atoms with Crippen LogP contribution in [0.25, 0.3) is 10.9 Å². The molecular weight excluding hydrogens is 232 g/mol. The second kappa shape index (κ2) is 5.19. The molecule has 1 aromatic heterocycles. The van der Waals surface area contributed by atoms with Gasteiger partial charge in [0.25, 0.3) is 0 Å². The number of nitrogens with zero attached hydrogens (tertiary/aromatic N) is 1. The van der Waals surface area contributed by atoms with Crippen molar-refractivity contribution in [2.45, 2.75) is 13.8 Å². The highest BCUT2D eigenvalue weighted by atomic mass is 35.5. The van der Waals surface area contributed by atoms with E-state index in [1.165, 1.54) is 5.57 Å². The highest BCUT2D eigenvalue weighted by molar-refractivity contribution is 6.35. The summed E-state index contributed by atoms with van der Waals surface area (Å²) in [5, 5.41) is 5.07. The minimum absolute atomic E-state index is 0.737. The SMILES string of the molecule is CC(C)=CCNc1ccc(Cl)c2cccnc12. The van der Waals surface area contributed by atoms with Crippen molar-refractivity contribution in [1.29, 1.82) is 0 Å². The monoisotopic (exact) mass is 246 g/mol. The predicted octanol–water partition coefficient (Wildman–Crippen LogP) is 4.27. The third-order valence-electron chi connectivity index (χ3n) is 2.52. The molecule has 2 aromatic rings. The molecule has 0 bridgehead atoms. The normalized spacial score (nSPS) is 10.3. The van der Waals surface area contributed by atoms with Crippen LogP contribution in [0.2, 0.25) is 5.02 Å². The molecule has 2 rings (SSSR count). The zero-order chi connectivity index (χ0) is 12.3. The van der Waals surface area contributed by atoms with Gasteiger partial charge in [0.1, 0.15) is 0 Å². The molecule has 3 heteroatoms. The minimum Gasteiger partial charge on any atom is -0.380 e. The maximum Gasteiger partial charge on any atom is 0.0948 e. The molecule has 1 N–H and O–H groups in total. The van der Waals surface area contributed by atoms with Crippen LogP contribution in [0.1, 0.15) is 13.8 Å². The second-order valence-electron chi connectivity index (χ2n) is 4.16. The second-order valence-corrected chi connectivity index (χ2v) is 4.56. The van der Waals surface area contributed by atoms with E-state index in [9.17, 15) is 0 Å². The van der Waals surface area contributed by atoms with Gasteiger partial charge in [0.15, 0.2) is 0 Å². The van der Waals surface area contributed by atoms with Crippen LogP contribution < -0.4 is 5.32 Å². The van der Waals surface area contributed by atoms with E-state index in [-0.39, 0.29) is 0 Å². The summed E-state index contributed by atoms with van der Waals surface area (Å²) in [6.07, 6.45) is 3.92. The summed E-state index contributed by atoms with van der Waals surface area (Å²) in [7, 11) is 0. The van der Waals surface area contributed by atoms with Crippen molar-refractivity contribution in [2.75, 3.05) is 11.9 Å². The fraction of sp³-hybridized carbons (Fsp3) is 0.214. The van der Waals surface area contributed by atoms with Crippen LogP contribution >= 0.6 is 11.6 Å². The van der Waals surface area contributed by atoms with Crippen molar-refractivity contribution in [3.63, 3.8) is 0 Å². The van der Waals surface area contributed by atoms with Gasteiger partial charge in [-0.15, -0.1) is 0 Å². The number of benzene rings is 1. The van der Waals surface area contributed by atoms with Crippen molar-refractivity contribution < 1.29 is 0 Å². The Balaban J connectivity index is 2.35. The summed E-state index contributed by atoms with van der Waals surface area (Å²) in [5.74, 6) is 0. The van der Waals surface area contributed by atoms with E-state index in [0.717, 1.165) is 28.2 Å². The first-order chi connectivity index (χ1) is 8.18. The van der Waals surface area contributed by atoms with Gasteiger partial charge in [-0.3, -0.25) is 4.98 Å². The number of aromatic nitrogens is 1. The molecule has 0 unspecified atom stereocenters. The van der Waals surface area contributed by atoms with E-state index in [2.05, 4.69) is 30.2 Å². The Morgan fingerprint density at radius 3 is 2.94 bits per heavy atom. The molecule has 0 amide bonds. The number of rotatable bonds is 3. The lowest BCUT2D eigenvalue weighted by molar-refractivity contribution is 1.26. The number of nitrogens with one attached hydrogen (secondary N) is 1. The molecule has 17 heavy (non-hydrogen) atoms. The standard InChI is InChI=1S/C14H15ClN2/c1-10(2)7-9-16-13-6-5-12(15)11-4-3-8-17-14(11)13/h3-8,16H,9H2,1-2H3. The smallest absolute Gasteiger partial charge is 0.0948 e. The van der Waals surface area contributed by atoms with Crippen LogP contribution in [-0.2, 0) is 0 Å². The lowest BCUT2D eigenvalue weighted by Gasteiger charge is -2.08. The van der Waals surface area contributed by atoms with Crippen LogP contribution in [0.3, 0.4) is 0 Å². The molecule has 0 aliphatic heterocycles. The van der Waals surface area contributed by atoms with Gasteiger partial charge in [-0.05, 0) is 38.1 Å². The van der Waals surface area contributed by atoms with Crippen molar-refractivity contribution in [3.8, 4) is 0 Å². The fourth-order valence-electron chi connectivity index (χ4n) is 1.65. The van der Waals surface area contributed by atoms with E-state index in [0.29, 0.717) is 0 Å². The lowest BCUT2D eigenvalue weighted by Crippen LogP contribution is -2.00. The first-order valence-corrected chi connectivity index (χ1v) is 5.97. The Morgan fingerprint density at radius 1 is 1.35 bits per heavy atom. The highest BCUT2D eigenvalue weighted by Crippen LogP contribution is 2.27. The zero-order valence-electron chi connectivity index (χ0n) is 10.00. The van der Waals surface area contributed by atoms with Gasteiger partial charge in [-0.1, -0.05) is 23.3 Å². The molecule has 0 aliphatic rings. The van der Waals surface area contributed by atoms with E-state index in [1.807, 2.05) is 24.3 Å². The molecular formula is C14H15ClN2. The quantitative estimate of drug-likeness (QED) is 0.819. The summed E-state index contributed by atoms with van der Waals surface area (Å²) in [5.41, 5.74) is 3.23. The zero-order valence-corrected chi connectivity index (χ0v) is 10.8. The third kappa shape index (κ3) is 2.77. The lowest BCUT2D eigenvalue weighted by atomic mass is 10.2. The molecule has 0 saturated carbocycles. The van der Waals surface area contributed by atoms with Gasteiger partial charge in [-0.2, -0.15) is 0 Å². The minimum atomic E-state index is 0.737. The molecule has 0 spiro atoms. The summed E-state index contributed by atoms with van der Waals surface area (Å²) >= 11 is 6.13.